The van der Waals surface area contributed by atoms with E-state index in [9.17, 15) is 0 Å². The average molecular weight is 1060 g/mol. The zero-order valence-corrected chi connectivity index (χ0v) is 46.8. The van der Waals surface area contributed by atoms with Crippen LogP contribution in [0.25, 0.3) is 105 Å². The third-order valence-electron chi connectivity index (χ3n) is 17.4. The predicted octanol–water partition coefficient (Wildman–Crippen LogP) is 19.5. The van der Waals surface area contributed by atoms with Gasteiger partial charge in [0.15, 0.2) is 0 Å². The Labute approximate surface area is 483 Å². The van der Waals surface area contributed by atoms with E-state index in [4.69, 9.17) is 0 Å². The summed E-state index contributed by atoms with van der Waals surface area (Å²) in [5.41, 5.74) is 24.2. The second kappa shape index (κ2) is 19.0. The van der Waals surface area contributed by atoms with Gasteiger partial charge in [0.1, 0.15) is 0 Å². The minimum atomic E-state index is -0.147. The molecular weight excluding hydrogens is 1010 g/mol. The molecule has 1 aromatic heterocycles. The Morgan fingerprint density at radius 2 is 0.793 bits per heavy atom. The van der Waals surface area contributed by atoms with E-state index in [1.54, 1.807) is 0 Å². The fourth-order valence-electron chi connectivity index (χ4n) is 13.6. The largest absolute Gasteiger partial charge is 0.310 e. The number of hydrogen-bond donors (Lipinski definition) is 0. The molecule has 386 valence electrons. The first-order valence-electron chi connectivity index (χ1n) is 28.6. The second-order valence-corrected chi connectivity index (χ2v) is 24.2. The maximum atomic E-state index is 2.70. The van der Waals surface area contributed by atoms with E-state index in [2.05, 4.69) is 309 Å². The first-order valence-corrected chi connectivity index (χ1v) is 29.4. The van der Waals surface area contributed by atoms with Crippen molar-refractivity contribution in [3.05, 3.63) is 285 Å². The van der Waals surface area contributed by atoms with Gasteiger partial charge in [-0.25, -0.2) is 0 Å². The van der Waals surface area contributed by atoms with Gasteiger partial charge in [-0.15, -0.1) is 0 Å². The average Bonchev–Trinajstić information content (AvgIpc) is 1.25. The van der Waals surface area contributed by atoms with E-state index in [0.29, 0.717) is 0 Å². The van der Waals surface area contributed by atoms with Crippen LogP contribution in [-0.4, -0.2) is 11.3 Å². The Hall–Kier alpha value is -9.61. The molecule has 0 saturated carbocycles. The van der Waals surface area contributed by atoms with E-state index in [1.165, 1.54) is 142 Å². The van der Waals surface area contributed by atoms with Gasteiger partial charge in [0.05, 0.1) is 16.7 Å². The highest BCUT2D eigenvalue weighted by molar-refractivity contribution is 8.00. The van der Waals surface area contributed by atoms with Gasteiger partial charge in [0.25, 0.3) is 0 Å². The lowest BCUT2D eigenvalue weighted by Gasteiger charge is -2.42. The number of benzene rings is 13. The zero-order chi connectivity index (χ0) is 54.6. The summed E-state index contributed by atoms with van der Waals surface area (Å²) in [5.74, 6) is 0. The summed E-state index contributed by atoms with van der Waals surface area (Å²) in [5, 5.41) is 7.43. The van der Waals surface area contributed by atoms with Crippen molar-refractivity contribution in [1.29, 1.82) is 0 Å². The molecule has 82 heavy (non-hydrogen) atoms. The molecule has 0 atom stereocenters. The van der Waals surface area contributed by atoms with Gasteiger partial charge in [-0.2, -0.15) is 0 Å². The lowest BCUT2D eigenvalue weighted by molar-refractivity contribution is 0.591. The van der Waals surface area contributed by atoms with E-state index < -0.39 is 0 Å². The summed E-state index contributed by atoms with van der Waals surface area (Å²) >= 11 is 1.92. The van der Waals surface area contributed by atoms with Crippen LogP contribution in [0.15, 0.2) is 289 Å². The minimum absolute atomic E-state index is 0.0679. The topological polar surface area (TPSA) is 8.17 Å². The van der Waals surface area contributed by atoms with Gasteiger partial charge >= 0.3 is 0 Å². The van der Waals surface area contributed by atoms with Crippen molar-refractivity contribution < 1.29 is 0 Å². The fourth-order valence-corrected chi connectivity index (χ4v) is 14.8. The number of fused-ring (bicyclic) bond motifs is 9. The number of aromatic nitrogens is 1. The number of anilines is 3. The van der Waals surface area contributed by atoms with Crippen molar-refractivity contribution >= 4 is 95.3 Å². The van der Waals surface area contributed by atoms with Gasteiger partial charge in [-0.1, -0.05) is 269 Å². The second-order valence-electron chi connectivity index (χ2n) is 23.1. The molecule has 0 N–H and O–H groups in total. The van der Waals surface area contributed by atoms with Crippen LogP contribution < -0.4 is 21.3 Å². The van der Waals surface area contributed by atoms with Crippen LogP contribution in [0, 0.1) is 0 Å². The summed E-state index contributed by atoms with van der Waals surface area (Å²) in [6, 6.07) is 105. The van der Waals surface area contributed by atoms with Crippen molar-refractivity contribution in [3.63, 3.8) is 0 Å². The van der Waals surface area contributed by atoms with Crippen LogP contribution in [0.4, 0.5) is 17.1 Å². The Bertz CT molecular complexity index is 4700. The molecule has 16 rings (SSSR count). The van der Waals surface area contributed by atoms with Gasteiger partial charge in [0.2, 0.25) is 6.71 Å². The van der Waals surface area contributed by atoms with Gasteiger partial charge in [0, 0.05) is 48.8 Å². The van der Waals surface area contributed by atoms with Crippen molar-refractivity contribution in [1.82, 2.24) is 4.57 Å². The highest BCUT2D eigenvalue weighted by atomic mass is 32.2. The first kappa shape index (κ1) is 48.3. The summed E-state index contributed by atoms with van der Waals surface area (Å²) in [7, 11) is 0. The molecule has 0 aliphatic carbocycles. The van der Waals surface area contributed by atoms with E-state index in [-0.39, 0.29) is 12.1 Å². The van der Waals surface area contributed by atoms with Crippen molar-refractivity contribution in [2.45, 2.75) is 36.0 Å². The first-order chi connectivity index (χ1) is 40.3. The molecular formula is C78H55BN2S. The van der Waals surface area contributed by atoms with Crippen LogP contribution in [0.3, 0.4) is 0 Å². The van der Waals surface area contributed by atoms with Gasteiger partial charge in [-0.3, -0.25) is 0 Å². The molecule has 0 unspecified atom stereocenters. The van der Waals surface area contributed by atoms with Crippen molar-refractivity contribution in [3.8, 4) is 61.3 Å². The Morgan fingerprint density at radius 1 is 0.341 bits per heavy atom. The normalized spacial score (nSPS) is 12.7. The smallest absolute Gasteiger partial charge is 0.249 e. The molecule has 14 aromatic rings. The summed E-state index contributed by atoms with van der Waals surface area (Å²) in [6.45, 7) is 6.97. The lowest BCUT2D eigenvalue weighted by atomic mass is 9.34. The summed E-state index contributed by atoms with van der Waals surface area (Å²) in [4.78, 5) is 5.25. The van der Waals surface area contributed by atoms with Crippen molar-refractivity contribution in [2.75, 3.05) is 4.90 Å². The molecule has 0 saturated heterocycles. The monoisotopic (exact) mass is 1060 g/mol. The maximum Gasteiger partial charge on any atom is 0.249 e. The highest BCUT2D eigenvalue weighted by Gasteiger charge is 2.43. The van der Waals surface area contributed by atoms with E-state index in [1.807, 2.05) is 11.8 Å². The predicted molar refractivity (Wildman–Crippen MR) is 352 cm³/mol. The zero-order valence-electron chi connectivity index (χ0n) is 45.9. The van der Waals surface area contributed by atoms with Crippen LogP contribution in [0.1, 0.15) is 26.3 Å². The Morgan fingerprint density at radius 3 is 1.33 bits per heavy atom. The Kier molecular flexibility index (Phi) is 11.2. The van der Waals surface area contributed by atoms with Crippen LogP contribution in [-0.2, 0) is 5.41 Å². The van der Waals surface area contributed by atoms with E-state index >= 15 is 0 Å². The molecule has 13 aromatic carbocycles. The van der Waals surface area contributed by atoms with Gasteiger partial charge in [-0.05, 0) is 136 Å². The van der Waals surface area contributed by atoms with Crippen LogP contribution in [0.2, 0.25) is 0 Å². The molecule has 2 aliphatic heterocycles. The molecule has 2 nitrogen and oxygen atoms in total. The molecule has 0 radical (unpaired) electrons. The molecule has 4 heteroatoms. The number of para-hydroxylation sites is 2. The van der Waals surface area contributed by atoms with Gasteiger partial charge < -0.3 is 9.47 Å². The molecule has 0 fully saturated rings. The van der Waals surface area contributed by atoms with Crippen LogP contribution >= 0.6 is 11.8 Å². The SMILES string of the molecule is CC(C)(C)c1cc(-c2ccccc2)c(N2c3cc(-c4c5ccccc5c(-c5ccccc5)c5ccccc45)ccc3B3c4ccc(-c5ccccc5)cc4Sc4cc(-n5c6ccccc6c6ccccc65)cc2c43)c(-c2ccccc2)c1. The molecule has 2 aliphatic rings. The highest BCUT2D eigenvalue weighted by Crippen LogP contribution is 2.53. The quantitative estimate of drug-likeness (QED) is 0.116. The minimum Gasteiger partial charge on any atom is -0.310 e. The van der Waals surface area contributed by atoms with E-state index in [0.717, 1.165) is 11.4 Å². The third kappa shape index (κ3) is 7.66. The maximum absolute atomic E-state index is 2.70. The molecule has 0 bridgehead atoms. The summed E-state index contributed by atoms with van der Waals surface area (Å²) < 4.78 is 2.52. The standard InChI is InChI=1S/C78H55BN2S/c1-78(2,3)56-46-64(51-26-10-5-11-27-51)77(65(47-56)52-28-12-6-13-29-52)81-70-44-55(75-62-36-18-16-34-60(62)74(53-30-14-7-15-31-53)61-35-17-19-37-63(61)75)41-42-66(70)79-67-43-40-54(50-24-8-4-9-25-50)45-72(67)82-73-49-57(48-71(81)76(73)79)80-68-38-22-20-32-58(68)59-33-21-23-39-69(59)80/h4-49H,1-3H3. The number of hydrogen-bond acceptors (Lipinski definition) is 2. The third-order valence-corrected chi connectivity index (χ3v) is 18.5. The number of rotatable bonds is 7. The molecule has 0 amide bonds. The molecule has 0 spiro atoms. The fraction of sp³-hybridized carbons (Fsp3) is 0.0513. The number of nitrogens with zero attached hydrogens (tertiary/aromatic N) is 2. The van der Waals surface area contributed by atoms with Crippen molar-refractivity contribution in [2.24, 2.45) is 0 Å². The summed E-state index contributed by atoms with van der Waals surface area (Å²) in [6.07, 6.45) is 0. The Balaban J connectivity index is 1.07. The molecule has 3 heterocycles. The lowest BCUT2D eigenvalue weighted by Crippen LogP contribution is -2.60. The van der Waals surface area contributed by atoms with Crippen LogP contribution in [0.5, 0.6) is 0 Å².